The Morgan fingerprint density at radius 2 is 2.00 bits per heavy atom. The normalized spacial score (nSPS) is 15.6. The van der Waals surface area contributed by atoms with Gasteiger partial charge in [-0.1, -0.05) is 6.07 Å². The number of hydrogen-bond acceptors (Lipinski definition) is 4. The van der Waals surface area contributed by atoms with Crippen LogP contribution in [0.3, 0.4) is 0 Å². The van der Waals surface area contributed by atoms with Gasteiger partial charge in [-0.25, -0.2) is 0 Å². The van der Waals surface area contributed by atoms with Crippen LogP contribution in [-0.2, 0) is 4.79 Å². The van der Waals surface area contributed by atoms with Crippen LogP contribution in [0.5, 0.6) is 11.5 Å². The molecule has 6 nitrogen and oxygen atoms in total. The first-order valence-electron chi connectivity index (χ1n) is 6.95. The van der Waals surface area contributed by atoms with Crippen molar-refractivity contribution in [1.82, 2.24) is 10.2 Å². The van der Waals surface area contributed by atoms with Crippen molar-refractivity contribution in [3.63, 3.8) is 0 Å². The molecule has 0 unspecified atom stereocenters. The summed E-state index contributed by atoms with van der Waals surface area (Å²) in [5.41, 5.74) is 0.229. The lowest BCUT2D eigenvalue weighted by Crippen LogP contribution is -2.42. The van der Waals surface area contributed by atoms with Crippen LogP contribution in [0.1, 0.15) is 23.2 Å². The van der Waals surface area contributed by atoms with Gasteiger partial charge < -0.3 is 20.1 Å². The Morgan fingerprint density at radius 1 is 1.33 bits per heavy atom. The van der Waals surface area contributed by atoms with E-state index in [0.717, 1.165) is 0 Å². The van der Waals surface area contributed by atoms with Gasteiger partial charge in [-0.05, 0) is 25.0 Å². The lowest BCUT2D eigenvalue weighted by Gasteiger charge is -2.31. The second-order valence-electron chi connectivity index (χ2n) is 5.04. The second kappa shape index (κ2) is 6.47. The number of ether oxygens (including phenoxy) is 1. The molecular formula is C15H20N2O4. The van der Waals surface area contributed by atoms with E-state index < -0.39 is 0 Å². The average molecular weight is 292 g/mol. The van der Waals surface area contributed by atoms with E-state index in [1.165, 1.54) is 7.11 Å². The minimum Gasteiger partial charge on any atom is -0.504 e. The number of aromatic hydroxyl groups is 1. The molecule has 0 atom stereocenters. The monoisotopic (exact) mass is 292 g/mol. The second-order valence-corrected chi connectivity index (χ2v) is 5.04. The fraction of sp³-hybridized carbons (Fsp3) is 0.467. The number of benzene rings is 1. The number of piperidine rings is 1. The highest BCUT2D eigenvalue weighted by Crippen LogP contribution is 2.31. The molecule has 0 spiro atoms. The number of phenols is 1. The number of nitrogens with zero attached hydrogens (tertiary/aromatic N) is 1. The zero-order chi connectivity index (χ0) is 15.4. The fourth-order valence-electron chi connectivity index (χ4n) is 2.58. The van der Waals surface area contributed by atoms with Crippen LogP contribution in [0.15, 0.2) is 18.2 Å². The maximum absolute atomic E-state index is 12.4. The van der Waals surface area contributed by atoms with Gasteiger partial charge in [0.1, 0.15) is 0 Å². The Hall–Kier alpha value is -2.24. The Bertz CT molecular complexity index is 536. The van der Waals surface area contributed by atoms with E-state index >= 15 is 0 Å². The smallest absolute Gasteiger partial charge is 0.257 e. The molecule has 0 aromatic heterocycles. The third-order valence-electron chi connectivity index (χ3n) is 3.85. The van der Waals surface area contributed by atoms with Gasteiger partial charge >= 0.3 is 0 Å². The first kappa shape index (κ1) is 15.2. The summed E-state index contributed by atoms with van der Waals surface area (Å²) < 4.78 is 5.01. The predicted molar refractivity (Wildman–Crippen MR) is 77.4 cm³/mol. The number of hydrogen-bond donors (Lipinski definition) is 2. The molecule has 1 fully saturated rings. The predicted octanol–water partition coefficient (Wildman–Crippen LogP) is 0.999. The number of carbonyl (C=O) groups is 2. The molecule has 1 saturated heterocycles. The standard InChI is InChI=1S/C15H20N2O4/c1-16-14(19)10-6-8-17(9-7-10)15(20)11-4-3-5-12(21-2)13(11)18/h3-5,10,18H,6-9H2,1-2H3,(H,16,19). The van der Waals surface area contributed by atoms with Gasteiger partial charge in [0.25, 0.3) is 5.91 Å². The van der Waals surface area contributed by atoms with Crippen molar-refractivity contribution in [1.29, 1.82) is 0 Å². The van der Waals surface area contributed by atoms with E-state index in [1.807, 2.05) is 0 Å². The van der Waals surface area contributed by atoms with Crippen molar-refractivity contribution in [3.8, 4) is 11.5 Å². The Labute approximate surface area is 123 Å². The molecule has 6 heteroatoms. The number of amides is 2. The summed E-state index contributed by atoms with van der Waals surface area (Å²) in [6.45, 7) is 1.02. The third-order valence-corrected chi connectivity index (χ3v) is 3.85. The molecule has 2 amide bonds. The van der Waals surface area contributed by atoms with E-state index in [9.17, 15) is 14.7 Å². The molecule has 1 aromatic rings. The molecule has 0 bridgehead atoms. The van der Waals surface area contributed by atoms with Gasteiger partial charge in [0.15, 0.2) is 11.5 Å². The summed E-state index contributed by atoms with van der Waals surface area (Å²) in [4.78, 5) is 25.7. The molecule has 1 aliphatic rings. The largest absolute Gasteiger partial charge is 0.504 e. The number of phenolic OH excluding ortho intramolecular Hbond substituents is 1. The number of nitrogens with one attached hydrogen (secondary N) is 1. The SMILES string of the molecule is CNC(=O)C1CCN(C(=O)c2cccc(OC)c2O)CC1. The minimum absolute atomic E-state index is 0.0197. The van der Waals surface area contributed by atoms with Crippen LogP contribution in [0.2, 0.25) is 0 Å². The summed E-state index contributed by atoms with van der Waals surface area (Å²) in [7, 11) is 3.06. The van der Waals surface area contributed by atoms with E-state index in [2.05, 4.69) is 5.32 Å². The molecule has 0 saturated carbocycles. The molecule has 1 aromatic carbocycles. The first-order chi connectivity index (χ1) is 10.1. The summed E-state index contributed by atoms with van der Waals surface area (Å²) >= 11 is 0. The number of likely N-dealkylation sites (tertiary alicyclic amines) is 1. The topological polar surface area (TPSA) is 78.9 Å². The summed E-state index contributed by atoms with van der Waals surface area (Å²) in [5, 5.41) is 12.7. The lowest BCUT2D eigenvalue weighted by molar-refractivity contribution is -0.125. The highest BCUT2D eigenvalue weighted by molar-refractivity contribution is 5.97. The van der Waals surface area contributed by atoms with E-state index in [4.69, 9.17) is 4.74 Å². The van der Waals surface area contributed by atoms with Crippen LogP contribution in [-0.4, -0.2) is 49.1 Å². The van der Waals surface area contributed by atoms with Gasteiger partial charge in [0.05, 0.1) is 12.7 Å². The number of methoxy groups -OCH3 is 1. The Balaban J connectivity index is 2.07. The molecule has 1 heterocycles. The van der Waals surface area contributed by atoms with Crippen molar-refractivity contribution in [2.45, 2.75) is 12.8 Å². The molecule has 21 heavy (non-hydrogen) atoms. The number of para-hydroxylation sites is 1. The van der Waals surface area contributed by atoms with Crippen LogP contribution in [0.25, 0.3) is 0 Å². The van der Waals surface area contributed by atoms with Crippen LogP contribution >= 0.6 is 0 Å². The van der Waals surface area contributed by atoms with Gasteiger partial charge in [0.2, 0.25) is 5.91 Å². The van der Waals surface area contributed by atoms with E-state index in [0.29, 0.717) is 25.9 Å². The third kappa shape index (κ3) is 3.09. The van der Waals surface area contributed by atoms with Crippen molar-refractivity contribution >= 4 is 11.8 Å². The fourth-order valence-corrected chi connectivity index (χ4v) is 2.58. The van der Waals surface area contributed by atoms with Crippen LogP contribution in [0.4, 0.5) is 0 Å². The molecule has 0 radical (unpaired) electrons. The molecule has 2 rings (SSSR count). The van der Waals surface area contributed by atoms with Crippen molar-refractivity contribution in [2.75, 3.05) is 27.2 Å². The van der Waals surface area contributed by atoms with E-state index in [1.54, 1.807) is 30.1 Å². The maximum atomic E-state index is 12.4. The summed E-state index contributed by atoms with van der Waals surface area (Å²) in [6, 6.07) is 4.85. The highest BCUT2D eigenvalue weighted by Gasteiger charge is 2.28. The van der Waals surface area contributed by atoms with Crippen LogP contribution in [0, 0.1) is 5.92 Å². The maximum Gasteiger partial charge on any atom is 0.257 e. The van der Waals surface area contributed by atoms with Gasteiger partial charge in [-0.15, -0.1) is 0 Å². The minimum atomic E-state index is -0.234. The van der Waals surface area contributed by atoms with Gasteiger partial charge in [-0.2, -0.15) is 0 Å². The zero-order valence-electron chi connectivity index (χ0n) is 12.3. The Kier molecular flexibility index (Phi) is 4.67. The average Bonchev–Trinajstić information content (AvgIpc) is 2.54. The van der Waals surface area contributed by atoms with Crippen molar-refractivity contribution < 1.29 is 19.4 Å². The summed E-state index contributed by atoms with van der Waals surface area (Å²) in [6.07, 6.45) is 1.27. The van der Waals surface area contributed by atoms with Crippen molar-refractivity contribution in [3.05, 3.63) is 23.8 Å². The quantitative estimate of drug-likeness (QED) is 0.871. The zero-order valence-corrected chi connectivity index (χ0v) is 12.3. The molecule has 1 aliphatic heterocycles. The number of rotatable bonds is 3. The van der Waals surface area contributed by atoms with Gasteiger partial charge in [-0.3, -0.25) is 9.59 Å². The highest BCUT2D eigenvalue weighted by atomic mass is 16.5. The first-order valence-corrected chi connectivity index (χ1v) is 6.95. The van der Waals surface area contributed by atoms with Crippen molar-refractivity contribution in [2.24, 2.45) is 5.92 Å². The van der Waals surface area contributed by atoms with Crippen LogP contribution < -0.4 is 10.1 Å². The van der Waals surface area contributed by atoms with E-state index in [-0.39, 0.29) is 34.8 Å². The van der Waals surface area contributed by atoms with Gasteiger partial charge in [0, 0.05) is 26.1 Å². The Morgan fingerprint density at radius 3 is 2.57 bits per heavy atom. The molecule has 2 N–H and O–H groups in total. The summed E-state index contributed by atoms with van der Waals surface area (Å²) in [5.74, 6) is -0.120. The molecule has 114 valence electrons. The molecule has 0 aliphatic carbocycles. The lowest BCUT2D eigenvalue weighted by atomic mass is 9.95. The molecular weight excluding hydrogens is 272 g/mol. The number of carbonyl (C=O) groups excluding carboxylic acids is 2.